The predicted octanol–water partition coefficient (Wildman–Crippen LogP) is 3.68. The molecule has 0 spiro atoms. The second-order valence-electron chi connectivity index (χ2n) is 5.15. The van der Waals surface area contributed by atoms with Gasteiger partial charge in [-0.1, -0.05) is 36.4 Å². The molecule has 1 aromatic heterocycles. The van der Waals surface area contributed by atoms with E-state index < -0.39 is 0 Å². The van der Waals surface area contributed by atoms with E-state index in [4.69, 9.17) is 9.47 Å². The number of esters is 1. The van der Waals surface area contributed by atoms with Gasteiger partial charge in [-0.05, 0) is 36.8 Å². The summed E-state index contributed by atoms with van der Waals surface area (Å²) in [6.07, 6.45) is 3.91. The van der Waals surface area contributed by atoms with Gasteiger partial charge in [-0.15, -0.1) is 0 Å². The Balaban J connectivity index is 1.71. The van der Waals surface area contributed by atoms with E-state index in [9.17, 15) is 4.79 Å². The number of aromatic nitrogens is 2. The number of nitrogens with one attached hydrogen (secondary N) is 1. The van der Waals surface area contributed by atoms with Crippen molar-refractivity contribution in [1.82, 2.24) is 10.2 Å². The first-order valence-corrected chi connectivity index (χ1v) is 7.76. The van der Waals surface area contributed by atoms with Crippen molar-refractivity contribution in [2.45, 2.75) is 6.92 Å². The monoisotopic (exact) mass is 322 g/mol. The quantitative estimate of drug-likeness (QED) is 0.703. The zero-order valence-corrected chi connectivity index (χ0v) is 13.4. The van der Waals surface area contributed by atoms with Gasteiger partial charge in [-0.2, -0.15) is 5.10 Å². The van der Waals surface area contributed by atoms with Crippen LogP contribution in [0.2, 0.25) is 0 Å². The molecule has 3 aromatic rings. The zero-order valence-electron chi connectivity index (χ0n) is 13.4. The Morgan fingerprint density at radius 3 is 2.92 bits per heavy atom. The third-order valence-corrected chi connectivity index (χ3v) is 3.45. The fourth-order valence-corrected chi connectivity index (χ4v) is 2.34. The summed E-state index contributed by atoms with van der Waals surface area (Å²) in [7, 11) is 0. The number of para-hydroxylation sites is 1. The third-order valence-electron chi connectivity index (χ3n) is 3.45. The van der Waals surface area contributed by atoms with Gasteiger partial charge < -0.3 is 9.47 Å². The van der Waals surface area contributed by atoms with Crippen LogP contribution in [0, 0.1) is 0 Å². The number of ether oxygens (including phenoxy) is 2. The molecule has 1 heterocycles. The van der Waals surface area contributed by atoms with Crippen molar-refractivity contribution in [3.8, 4) is 5.75 Å². The Kier molecular flexibility index (Phi) is 4.91. The maximum Gasteiger partial charge on any atom is 0.344 e. The van der Waals surface area contributed by atoms with Crippen molar-refractivity contribution < 1.29 is 14.3 Å². The van der Waals surface area contributed by atoms with Crippen LogP contribution in [0.5, 0.6) is 5.75 Å². The third kappa shape index (κ3) is 3.81. The minimum Gasteiger partial charge on any atom is -0.482 e. The van der Waals surface area contributed by atoms with Crippen LogP contribution in [-0.2, 0) is 9.53 Å². The summed E-state index contributed by atoms with van der Waals surface area (Å²) in [6, 6.07) is 15.5. The highest BCUT2D eigenvalue weighted by Gasteiger charge is 2.04. The smallest absolute Gasteiger partial charge is 0.344 e. The topological polar surface area (TPSA) is 64.2 Å². The summed E-state index contributed by atoms with van der Waals surface area (Å²) in [4.78, 5) is 11.3. The molecular weight excluding hydrogens is 304 g/mol. The highest BCUT2D eigenvalue weighted by Crippen LogP contribution is 2.19. The number of carbonyl (C=O) groups excluding carboxylic acids is 1. The van der Waals surface area contributed by atoms with Crippen LogP contribution in [-0.4, -0.2) is 29.4 Å². The SMILES string of the molecule is CCOC(=O)COc1cccc(C=Cc2n[nH]c3ccccc23)c1. The zero-order chi connectivity index (χ0) is 16.8. The lowest BCUT2D eigenvalue weighted by molar-refractivity contribution is -0.145. The van der Waals surface area contributed by atoms with E-state index in [1.807, 2.05) is 54.6 Å². The molecule has 0 aliphatic rings. The lowest BCUT2D eigenvalue weighted by Crippen LogP contribution is -2.14. The molecule has 0 atom stereocenters. The normalized spacial score (nSPS) is 11.0. The Bertz CT molecular complexity index is 868. The minimum absolute atomic E-state index is 0.0923. The van der Waals surface area contributed by atoms with E-state index in [-0.39, 0.29) is 12.6 Å². The molecular formula is C19H18N2O3. The minimum atomic E-state index is -0.374. The van der Waals surface area contributed by atoms with Crippen LogP contribution in [0.4, 0.5) is 0 Å². The Morgan fingerprint density at radius 1 is 1.17 bits per heavy atom. The van der Waals surface area contributed by atoms with Gasteiger partial charge in [-0.3, -0.25) is 5.10 Å². The van der Waals surface area contributed by atoms with Crippen LogP contribution in [0.25, 0.3) is 23.1 Å². The van der Waals surface area contributed by atoms with Gasteiger partial charge in [0.2, 0.25) is 0 Å². The molecule has 5 heteroatoms. The Hall–Kier alpha value is -3.08. The van der Waals surface area contributed by atoms with Crippen LogP contribution < -0.4 is 4.74 Å². The van der Waals surface area contributed by atoms with Crippen molar-refractivity contribution in [3.63, 3.8) is 0 Å². The number of H-pyrrole nitrogens is 1. The fourth-order valence-electron chi connectivity index (χ4n) is 2.34. The fraction of sp³-hybridized carbons (Fsp3) is 0.158. The molecule has 3 rings (SSSR count). The predicted molar refractivity (Wildman–Crippen MR) is 93.6 cm³/mol. The Morgan fingerprint density at radius 2 is 2.04 bits per heavy atom. The standard InChI is InChI=1S/C19H18N2O3/c1-2-23-19(22)13-24-15-7-5-6-14(12-15)10-11-18-16-8-3-4-9-17(16)20-21-18/h3-12H,2,13H2,1H3,(H,20,21). The van der Waals surface area contributed by atoms with Gasteiger partial charge in [0.05, 0.1) is 17.8 Å². The molecule has 0 aliphatic heterocycles. The summed E-state index contributed by atoms with van der Waals surface area (Å²) < 4.78 is 10.3. The van der Waals surface area contributed by atoms with Gasteiger partial charge in [0.25, 0.3) is 0 Å². The molecule has 1 N–H and O–H groups in total. The first kappa shape index (κ1) is 15.8. The summed E-state index contributed by atoms with van der Waals surface area (Å²) in [5.74, 6) is 0.249. The molecule has 0 saturated heterocycles. The van der Waals surface area contributed by atoms with Crippen molar-refractivity contribution in [2.75, 3.05) is 13.2 Å². The molecule has 2 aromatic carbocycles. The molecule has 0 unspecified atom stereocenters. The number of benzene rings is 2. The highest BCUT2D eigenvalue weighted by molar-refractivity contribution is 5.89. The van der Waals surface area contributed by atoms with E-state index in [0.29, 0.717) is 12.4 Å². The molecule has 0 amide bonds. The molecule has 122 valence electrons. The largest absolute Gasteiger partial charge is 0.482 e. The first-order valence-electron chi connectivity index (χ1n) is 7.76. The maximum absolute atomic E-state index is 11.3. The number of hydrogen-bond donors (Lipinski definition) is 1. The average Bonchev–Trinajstić information content (AvgIpc) is 3.02. The number of aromatic amines is 1. The van der Waals surface area contributed by atoms with Crippen molar-refractivity contribution >= 4 is 29.0 Å². The maximum atomic E-state index is 11.3. The lowest BCUT2D eigenvalue weighted by atomic mass is 10.1. The van der Waals surface area contributed by atoms with Crippen LogP contribution >= 0.6 is 0 Å². The van der Waals surface area contributed by atoms with Gasteiger partial charge in [0, 0.05) is 5.39 Å². The molecule has 0 fully saturated rings. The van der Waals surface area contributed by atoms with E-state index in [0.717, 1.165) is 22.2 Å². The number of fused-ring (bicyclic) bond motifs is 1. The molecule has 0 saturated carbocycles. The summed E-state index contributed by atoms with van der Waals surface area (Å²) in [5.41, 5.74) is 2.84. The van der Waals surface area contributed by atoms with E-state index in [2.05, 4.69) is 10.2 Å². The number of carbonyl (C=O) groups is 1. The van der Waals surface area contributed by atoms with Crippen LogP contribution in [0.15, 0.2) is 48.5 Å². The van der Waals surface area contributed by atoms with Crippen molar-refractivity contribution in [3.05, 3.63) is 59.8 Å². The second-order valence-corrected chi connectivity index (χ2v) is 5.15. The van der Waals surface area contributed by atoms with Gasteiger partial charge in [0.1, 0.15) is 5.75 Å². The highest BCUT2D eigenvalue weighted by atomic mass is 16.6. The summed E-state index contributed by atoms with van der Waals surface area (Å²) in [6.45, 7) is 2.02. The van der Waals surface area contributed by atoms with Crippen molar-refractivity contribution in [2.24, 2.45) is 0 Å². The number of rotatable bonds is 6. The van der Waals surface area contributed by atoms with Crippen LogP contribution in [0.1, 0.15) is 18.2 Å². The van der Waals surface area contributed by atoms with Crippen LogP contribution in [0.3, 0.4) is 0 Å². The lowest BCUT2D eigenvalue weighted by Gasteiger charge is -2.06. The first-order chi connectivity index (χ1) is 11.8. The average molecular weight is 322 g/mol. The number of nitrogens with zero attached hydrogens (tertiary/aromatic N) is 1. The second kappa shape index (κ2) is 7.46. The molecule has 0 aliphatic carbocycles. The summed E-state index contributed by atoms with van der Waals surface area (Å²) in [5, 5.41) is 8.38. The van der Waals surface area contributed by atoms with Gasteiger partial charge in [-0.25, -0.2) is 4.79 Å². The van der Waals surface area contributed by atoms with Crippen molar-refractivity contribution in [1.29, 1.82) is 0 Å². The van der Waals surface area contributed by atoms with Gasteiger partial charge in [0.15, 0.2) is 6.61 Å². The van der Waals surface area contributed by atoms with E-state index in [1.165, 1.54) is 0 Å². The van der Waals surface area contributed by atoms with E-state index >= 15 is 0 Å². The van der Waals surface area contributed by atoms with E-state index in [1.54, 1.807) is 13.0 Å². The number of hydrogen-bond acceptors (Lipinski definition) is 4. The summed E-state index contributed by atoms with van der Waals surface area (Å²) >= 11 is 0. The van der Waals surface area contributed by atoms with Gasteiger partial charge >= 0.3 is 5.97 Å². The molecule has 24 heavy (non-hydrogen) atoms. The molecule has 0 bridgehead atoms. The molecule has 0 radical (unpaired) electrons. The Labute approximate surface area is 139 Å². The molecule has 5 nitrogen and oxygen atoms in total.